The minimum absolute atomic E-state index is 0. The summed E-state index contributed by atoms with van der Waals surface area (Å²) in [4.78, 5) is 0. The van der Waals surface area contributed by atoms with Crippen LogP contribution in [0, 0.1) is 5.41 Å². The zero-order valence-electron chi connectivity index (χ0n) is 21.2. The third-order valence-electron chi connectivity index (χ3n) is 8.70. The van der Waals surface area contributed by atoms with Gasteiger partial charge in [0, 0.05) is 0 Å². The van der Waals surface area contributed by atoms with Crippen LogP contribution < -0.4 is 35.3 Å². The van der Waals surface area contributed by atoms with E-state index in [0.29, 0.717) is 7.25 Å². The summed E-state index contributed by atoms with van der Waals surface area (Å²) in [7, 11) is 0. The van der Waals surface area contributed by atoms with E-state index >= 15 is 0 Å². The summed E-state index contributed by atoms with van der Waals surface area (Å²) in [5.41, 5.74) is 13.1. The summed E-state index contributed by atoms with van der Waals surface area (Å²) in [5, 5.41) is 3.11. The van der Waals surface area contributed by atoms with Crippen molar-refractivity contribution in [3.8, 4) is 0 Å². The Balaban J connectivity index is 0.00000137. The molecule has 0 heterocycles. The van der Waals surface area contributed by atoms with Crippen LogP contribution in [0.1, 0.15) is 70.2 Å². The summed E-state index contributed by atoms with van der Waals surface area (Å²) in [5.74, 6) is 0. The van der Waals surface area contributed by atoms with E-state index in [2.05, 4.69) is 90.2 Å². The molecule has 0 saturated heterocycles. The number of fused-ring (bicyclic) bond motifs is 7. The molecule has 0 aliphatic heterocycles. The van der Waals surface area contributed by atoms with Gasteiger partial charge in [-0.15, -0.1) is 0 Å². The number of hydrogen-bond acceptors (Lipinski definition) is 0. The van der Waals surface area contributed by atoms with Gasteiger partial charge in [0.1, 0.15) is 0 Å². The van der Waals surface area contributed by atoms with Crippen molar-refractivity contribution in [2.24, 2.45) is 5.41 Å². The number of benzene rings is 1. The van der Waals surface area contributed by atoms with Crippen molar-refractivity contribution >= 4 is 27.0 Å². The molecule has 0 amide bonds. The van der Waals surface area contributed by atoms with Gasteiger partial charge >= 0.3 is 202 Å². The standard InChI is InChI=1S/C25H27.C5H5.CH2.2ClH.Zr/c1-14-7-8-17-20(14)22-18(23-21(17)15(2)12-25(23,5)6)11-16-9-10-24(3,4)13-19(16)22;1-2-4-5-3-1;;;;/h7-10,12H,11,13H2,1-6H3;1-5H;1H2;2*1H;/q;;;;;+2/p-2. The molecule has 1 aromatic carbocycles. The Morgan fingerprint density at radius 2 is 1.65 bits per heavy atom. The van der Waals surface area contributed by atoms with E-state index in [9.17, 15) is 0 Å². The van der Waals surface area contributed by atoms with Crippen LogP contribution in [-0.2, 0) is 33.1 Å². The second-order valence-electron chi connectivity index (χ2n) is 11.8. The van der Waals surface area contributed by atoms with Crippen molar-refractivity contribution in [3.05, 3.63) is 80.8 Å². The predicted octanol–water partition coefficient (Wildman–Crippen LogP) is 0.403. The van der Waals surface area contributed by atoms with E-state index in [0.717, 1.165) is 12.8 Å². The van der Waals surface area contributed by atoms with Crippen LogP contribution >= 0.6 is 0 Å². The van der Waals surface area contributed by atoms with Gasteiger partial charge in [0.15, 0.2) is 0 Å². The van der Waals surface area contributed by atoms with Gasteiger partial charge in [0.25, 0.3) is 0 Å². The quantitative estimate of drug-likeness (QED) is 0.485. The Morgan fingerprint density at radius 3 is 2.32 bits per heavy atom. The fraction of sp³-hybridized carbons (Fsp3) is 0.387. The third-order valence-corrected chi connectivity index (χ3v) is 16.4. The zero-order chi connectivity index (χ0) is 22.6. The summed E-state index contributed by atoms with van der Waals surface area (Å²) < 4.78 is 6.23. The van der Waals surface area contributed by atoms with Crippen molar-refractivity contribution in [2.75, 3.05) is 0 Å². The minimum Gasteiger partial charge on any atom is -1.00 e. The monoisotopic (exact) mass is 566 g/mol. The van der Waals surface area contributed by atoms with Crippen molar-refractivity contribution in [3.63, 3.8) is 0 Å². The minimum atomic E-state index is -2.01. The number of halogens is 2. The normalized spacial score (nSPS) is 23.9. The van der Waals surface area contributed by atoms with Gasteiger partial charge in [-0.05, 0) is 0 Å². The smallest absolute Gasteiger partial charge is 1.00 e. The maximum Gasteiger partial charge on any atom is -1.00 e. The fourth-order valence-corrected chi connectivity index (χ4v) is 14.5. The number of allylic oxidation sites excluding steroid dienone is 10. The van der Waals surface area contributed by atoms with E-state index in [1.165, 1.54) is 10.8 Å². The van der Waals surface area contributed by atoms with E-state index in [-0.39, 0.29) is 35.6 Å². The van der Waals surface area contributed by atoms with Gasteiger partial charge in [-0.1, -0.05) is 0 Å². The van der Waals surface area contributed by atoms with Crippen LogP contribution in [0.4, 0.5) is 0 Å². The van der Waals surface area contributed by atoms with E-state index in [1.54, 1.807) is 44.2 Å². The zero-order valence-corrected chi connectivity index (χ0v) is 25.1. The molecule has 5 aliphatic carbocycles. The molecule has 1 aromatic rings. The summed E-state index contributed by atoms with van der Waals surface area (Å²) in [6, 6.07) is 0. The molecular weight excluding hydrogens is 534 g/mol. The molecule has 0 radical (unpaired) electrons. The maximum absolute atomic E-state index is 4.95. The topological polar surface area (TPSA) is 0 Å². The molecule has 0 saturated carbocycles. The molecule has 0 spiro atoms. The molecular formula is C31H34Cl2Zr. The Hall–Kier alpha value is -1.01. The molecule has 1 atom stereocenters. The Kier molecular flexibility index (Phi) is 6.55. The maximum atomic E-state index is 4.95. The fourth-order valence-electron chi connectivity index (χ4n) is 7.42. The Bertz CT molecular complexity index is 1390. The molecule has 34 heavy (non-hydrogen) atoms. The van der Waals surface area contributed by atoms with Gasteiger partial charge in [0.05, 0.1) is 0 Å². The molecule has 6 rings (SSSR count). The second-order valence-corrected chi connectivity index (χ2v) is 17.7. The van der Waals surface area contributed by atoms with Crippen LogP contribution in [-0.4, -0.2) is 4.21 Å². The van der Waals surface area contributed by atoms with E-state index in [4.69, 9.17) is 4.21 Å². The predicted molar refractivity (Wildman–Crippen MR) is 137 cm³/mol. The molecule has 0 fully saturated rings. The van der Waals surface area contributed by atoms with E-state index in [1.807, 2.05) is 0 Å². The molecule has 176 valence electrons. The molecule has 1 unspecified atom stereocenters. The first-order valence-corrected chi connectivity index (χ1v) is 16.7. The summed E-state index contributed by atoms with van der Waals surface area (Å²) >= 11 is -2.01. The summed E-state index contributed by atoms with van der Waals surface area (Å²) in [6.45, 7) is 14.6. The average Bonchev–Trinajstić information content (AvgIpc) is 3.47. The first-order chi connectivity index (χ1) is 15.1. The van der Waals surface area contributed by atoms with Crippen LogP contribution in [0.2, 0.25) is 7.25 Å². The van der Waals surface area contributed by atoms with Crippen LogP contribution in [0.3, 0.4) is 0 Å². The van der Waals surface area contributed by atoms with Crippen LogP contribution in [0.5, 0.6) is 0 Å². The largest absolute Gasteiger partial charge is 1.00 e. The Labute approximate surface area is 225 Å². The molecule has 0 N–H and O–H groups in total. The van der Waals surface area contributed by atoms with Gasteiger partial charge < -0.3 is 24.8 Å². The molecule has 5 aliphatic rings. The molecule has 3 heteroatoms. The number of hydrogen-bond donors (Lipinski definition) is 0. The van der Waals surface area contributed by atoms with Gasteiger partial charge in [-0.3, -0.25) is 0 Å². The molecule has 0 aromatic heterocycles. The van der Waals surface area contributed by atoms with Gasteiger partial charge in [-0.2, -0.15) is 0 Å². The average molecular weight is 569 g/mol. The van der Waals surface area contributed by atoms with Crippen molar-refractivity contribution in [1.29, 1.82) is 0 Å². The molecule has 0 bridgehead atoms. The van der Waals surface area contributed by atoms with Crippen molar-refractivity contribution in [2.45, 2.75) is 67.1 Å². The first-order valence-electron chi connectivity index (χ1n) is 12.2. The second kappa shape index (κ2) is 8.54. The summed E-state index contributed by atoms with van der Waals surface area (Å²) in [6.07, 6.45) is 21.3. The molecule has 0 nitrogen and oxygen atoms in total. The first kappa shape index (κ1) is 26.1. The van der Waals surface area contributed by atoms with Crippen LogP contribution in [0.15, 0.2) is 48.1 Å². The van der Waals surface area contributed by atoms with Crippen molar-refractivity contribution < 1.29 is 46.1 Å². The third kappa shape index (κ3) is 3.44. The van der Waals surface area contributed by atoms with Gasteiger partial charge in [0.2, 0.25) is 0 Å². The van der Waals surface area contributed by atoms with E-state index < -0.39 is 21.3 Å². The van der Waals surface area contributed by atoms with Gasteiger partial charge in [-0.25, -0.2) is 0 Å². The Morgan fingerprint density at radius 1 is 0.971 bits per heavy atom. The van der Waals surface area contributed by atoms with Crippen molar-refractivity contribution in [1.82, 2.24) is 0 Å². The SMILES string of the molecule is [CH2]=[Zr+2]([CH]1C=CC=C1)[CH]1C(C)=c2c(c3c(c4c2=CC=C4C)C2=C(C=CC(C)(C)C2)C3)C1(C)C.[Cl-].[Cl-]. The van der Waals surface area contributed by atoms with Crippen LogP contribution in [0.25, 0.3) is 22.8 Å². The number of rotatable bonds is 2.